The van der Waals surface area contributed by atoms with Crippen LogP contribution in [-0.2, 0) is 71.7 Å². The molecule has 556 valence electrons. The highest BCUT2D eigenvalue weighted by molar-refractivity contribution is 6.00. The van der Waals surface area contributed by atoms with E-state index in [9.17, 15) is 29.1 Å². The quantitative estimate of drug-likeness (QED) is 0.107. The number of hydrogen-bond acceptors (Lipinski definition) is 17. The summed E-state index contributed by atoms with van der Waals surface area (Å²) in [5, 5.41) is 17.8. The molecule has 3 N–H and O–H groups in total. The maximum atomic E-state index is 15.3. The molecule has 97 heavy (non-hydrogen) atoms. The number of rotatable bonds is 21. The minimum absolute atomic E-state index is 0.0422. The van der Waals surface area contributed by atoms with Gasteiger partial charge in [-0.3, -0.25) is 62.4 Å². The molecule has 0 unspecified atom stereocenters. The molecule has 0 aromatic carbocycles. The van der Waals surface area contributed by atoms with Gasteiger partial charge in [-0.1, -0.05) is 90.0 Å². The third-order valence-corrected chi connectivity index (χ3v) is 19.4. The molecule has 2 aliphatic rings. The van der Waals surface area contributed by atoms with Crippen molar-refractivity contribution in [3.63, 3.8) is 0 Å². The first-order valence-corrected chi connectivity index (χ1v) is 35.3. The first kappa shape index (κ1) is 87.0. The Kier molecular flexibility index (Phi) is 36.6. The Labute approximate surface area is 580 Å². The Hall–Kier alpha value is -6.12. The van der Waals surface area contributed by atoms with Crippen molar-refractivity contribution in [2.24, 2.45) is 47.3 Å². The number of Topliss-reactive ketones (excluding diaryl/α,β-unsaturated/α-hetero) is 2. The summed E-state index contributed by atoms with van der Waals surface area (Å²) in [4.78, 5) is 187. The summed E-state index contributed by atoms with van der Waals surface area (Å²) in [7, 11) is 9.91. The maximum absolute atomic E-state index is 15.3. The molecule has 0 aliphatic carbocycles. The average molecular weight is 1380 g/mol. The maximum Gasteiger partial charge on any atom is 0.302 e. The van der Waals surface area contributed by atoms with Crippen LogP contribution in [-0.4, -0.2) is 277 Å². The number of amides is 9. The molecule has 0 bridgehead atoms. The van der Waals surface area contributed by atoms with Crippen molar-refractivity contribution in [2.75, 3.05) is 95.4 Å². The highest BCUT2D eigenvalue weighted by Gasteiger charge is 2.47. The molecule has 0 aromatic heterocycles. The molecule has 2 saturated heterocycles. The van der Waals surface area contributed by atoms with E-state index in [1.54, 1.807) is 55.4 Å². The van der Waals surface area contributed by atoms with E-state index in [0.717, 1.165) is 35.9 Å². The largest absolute Gasteiger partial charge is 0.466 e. The average Bonchev–Trinajstić information content (AvgIpc) is 0.824. The Morgan fingerprint density at radius 3 is 1.54 bits per heavy atom. The minimum Gasteiger partial charge on any atom is -0.466 e. The van der Waals surface area contributed by atoms with E-state index in [4.69, 9.17) is 14.2 Å². The molecule has 14 atom stereocenters. The van der Waals surface area contributed by atoms with Crippen LogP contribution in [0.4, 0.5) is 0 Å². The lowest BCUT2D eigenvalue weighted by Crippen LogP contribution is -2.64. The second-order valence-corrected chi connectivity index (χ2v) is 29.5. The van der Waals surface area contributed by atoms with E-state index in [0.29, 0.717) is 19.6 Å². The third-order valence-electron chi connectivity index (χ3n) is 19.4. The van der Waals surface area contributed by atoms with Crippen LogP contribution < -0.4 is 10.6 Å². The van der Waals surface area contributed by atoms with Crippen LogP contribution in [0.5, 0.6) is 0 Å². The molecule has 2 heterocycles. The molecule has 2 fully saturated rings. The van der Waals surface area contributed by atoms with Gasteiger partial charge in [0, 0.05) is 101 Å². The van der Waals surface area contributed by atoms with Gasteiger partial charge in [0.05, 0.1) is 38.1 Å². The Morgan fingerprint density at radius 1 is 0.536 bits per heavy atom. The van der Waals surface area contributed by atoms with Crippen molar-refractivity contribution in [2.45, 2.75) is 242 Å². The van der Waals surface area contributed by atoms with Crippen LogP contribution in [0.25, 0.3) is 0 Å². The molecule has 2 aliphatic heterocycles. The second-order valence-electron chi connectivity index (χ2n) is 29.5. The molecule has 0 radical (unpaired) electrons. The van der Waals surface area contributed by atoms with Gasteiger partial charge in [-0.2, -0.15) is 0 Å². The van der Waals surface area contributed by atoms with Crippen molar-refractivity contribution in [1.29, 1.82) is 0 Å². The second kappa shape index (κ2) is 40.8. The zero-order valence-corrected chi connectivity index (χ0v) is 63.4. The van der Waals surface area contributed by atoms with E-state index in [-0.39, 0.29) is 75.9 Å². The number of ketones is 2. The number of esters is 1. The summed E-state index contributed by atoms with van der Waals surface area (Å²) in [5.41, 5.74) is 0. The van der Waals surface area contributed by atoms with Gasteiger partial charge in [0.2, 0.25) is 53.2 Å². The number of morpholine rings is 1. The van der Waals surface area contributed by atoms with Crippen LogP contribution in [0, 0.1) is 47.3 Å². The molecule has 26 heteroatoms. The van der Waals surface area contributed by atoms with E-state index in [1.165, 1.54) is 94.6 Å². The fraction of sp³-hybridized carbons (Fsp3) is 0.831. The van der Waals surface area contributed by atoms with E-state index < -0.39 is 167 Å². The first-order chi connectivity index (χ1) is 45.1. The number of hydrogen-bond donors (Lipinski definition) is 3. The van der Waals surface area contributed by atoms with Gasteiger partial charge < -0.3 is 64.3 Å². The van der Waals surface area contributed by atoms with Gasteiger partial charge in [-0.05, 0) is 108 Å². The zero-order chi connectivity index (χ0) is 74.4. The van der Waals surface area contributed by atoms with Gasteiger partial charge in [0.25, 0.3) is 0 Å². The summed E-state index contributed by atoms with van der Waals surface area (Å²) in [6.45, 7) is 32.6. The molecule has 26 nitrogen and oxygen atoms in total. The molecule has 2 rings (SSSR count). The van der Waals surface area contributed by atoms with Crippen molar-refractivity contribution in [1.82, 2.24) is 49.8 Å². The Morgan fingerprint density at radius 2 is 1.03 bits per heavy atom. The first-order valence-electron chi connectivity index (χ1n) is 35.3. The molecule has 0 spiro atoms. The highest BCUT2D eigenvalue weighted by atomic mass is 16.5. The fourth-order valence-corrected chi connectivity index (χ4v) is 12.9. The van der Waals surface area contributed by atoms with Gasteiger partial charge in [-0.25, -0.2) is 0 Å². The third kappa shape index (κ3) is 25.2. The molecule has 0 aromatic rings. The van der Waals surface area contributed by atoms with Crippen molar-refractivity contribution < 1.29 is 76.9 Å². The van der Waals surface area contributed by atoms with Crippen LogP contribution in [0.1, 0.15) is 175 Å². The van der Waals surface area contributed by atoms with Crippen LogP contribution in [0.15, 0.2) is 0 Å². The van der Waals surface area contributed by atoms with Crippen LogP contribution in [0.2, 0.25) is 0 Å². The van der Waals surface area contributed by atoms with Gasteiger partial charge in [-0.15, -0.1) is 0 Å². The van der Waals surface area contributed by atoms with E-state index in [2.05, 4.69) is 15.5 Å². The summed E-state index contributed by atoms with van der Waals surface area (Å²) in [6.07, 6.45) is -1.43. The predicted octanol–water partition coefficient (Wildman–Crippen LogP) is 4.30. The number of likely N-dealkylation sites (N-methyl/N-ethyl adjacent to an activating group) is 7. The number of carbonyl (C=O) groups excluding carboxylic acids is 12. The number of unbranched alkanes of at least 4 members (excludes halogenated alkanes) is 1. The molecule has 9 amide bonds. The SMILES string of the molecule is CC[C@@H]1NC(=O)[C@H]([C@H](O)[C@H](C)CCOC(C)=O)N(C)C(=O)[C@H](C(C)C)N(C)C(=O)[C@H](CC(C)C)N(C)C(=O)[C@H](CC(C)C)N(C)C(=O)[C@@H](C)NC(=O)[C@H](C)CC(=O)[C@H](CC(C)C)N(C)C(=O)[C@H](C(C)C)CC(=O)[C@H]([C@@H](C)OCCCCN2CCOCC2)N(C)C(=O)[C@@H](C)N(C)C1=O. The van der Waals surface area contributed by atoms with Gasteiger partial charge in [0.1, 0.15) is 48.3 Å². The number of carbonyl (C=O) groups is 12. The Bertz CT molecular complexity index is 2630. The summed E-state index contributed by atoms with van der Waals surface area (Å²) in [5.74, 6) is -12.1. The lowest BCUT2D eigenvalue weighted by Gasteiger charge is -2.41. The lowest BCUT2D eigenvalue weighted by atomic mass is 9.85. The smallest absolute Gasteiger partial charge is 0.302 e. The normalized spacial score (nSPS) is 27.3. The van der Waals surface area contributed by atoms with Crippen LogP contribution in [0.3, 0.4) is 0 Å². The molecular weight excluding hydrogens is 1250 g/mol. The number of nitrogens with zero attached hydrogens (tertiary/aromatic N) is 8. The van der Waals surface area contributed by atoms with Gasteiger partial charge >= 0.3 is 5.97 Å². The summed E-state index contributed by atoms with van der Waals surface area (Å²) >= 11 is 0. The fourth-order valence-electron chi connectivity index (χ4n) is 12.9. The van der Waals surface area contributed by atoms with Crippen LogP contribution >= 0.6 is 0 Å². The lowest BCUT2D eigenvalue weighted by molar-refractivity contribution is -0.158. The number of aliphatic hydroxyl groups is 1. The standard InChI is InChI=1S/C71H126N10O16/c1-25-53-68(91)74(18)49(15)66(89)79(23)60(50(16)96-32-27-26-29-81-30-34-95-35-31-81)58(84)40-52(44(8)9)67(90)75(19)54(36-41(2)3)57(83)39-47(13)63(86)72-48(14)65(88)76(20)55(37-42(4)5)69(92)77(21)56(38-43(6)7)70(93)78(22)59(45(10)11)71(94)80(24)61(64(87)73-53)62(85)46(12)28-33-97-51(17)82/h41-50,52-56,59-62,85H,25-40H2,1-24H3,(H,72,86)(H,73,87)/t46-,47-,48-,49-,50-,52+,53+,54+,55+,56+,59+,60+,61+,62-/m1/s1. The number of aliphatic hydroxyl groups excluding tert-OH is 1. The monoisotopic (exact) mass is 1370 g/mol. The molecular formula is C71H126N10O16. The zero-order valence-electron chi connectivity index (χ0n) is 63.4. The van der Waals surface area contributed by atoms with Gasteiger partial charge in [0.15, 0.2) is 11.6 Å². The minimum atomic E-state index is -1.74. The highest BCUT2D eigenvalue weighted by Crippen LogP contribution is 2.29. The number of nitrogens with one attached hydrogen (secondary N) is 2. The van der Waals surface area contributed by atoms with Crippen molar-refractivity contribution >= 4 is 70.7 Å². The van der Waals surface area contributed by atoms with E-state index >= 15 is 33.6 Å². The van der Waals surface area contributed by atoms with Crippen molar-refractivity contribution in [3.8, 4) is 0 Å². The topological polar surface area (TPSA) is 303 Å². The summed E-state index contributed by atoms with van der Waals surface area (Å²) in [6, 6.07) is -11.6. The van der Waals surface area contributed by atoms with E-state index in [1.807, 2.05) is 41.5 Å². The Balaban J connectivity index is 3.02. The molecule has 0 saturated carbocycles. The summed E-state index contributed by atoms with van der Waals surface area (Å²) < 4.78 is 17.1. The predicted molar refractivity (Wildman–Crippen MR) is 370 cm³/mol. The number of ether oxygens (including phenoxy) is 3. The van der Waals surface area contributed by atoms with Crippen molar-refractivity contribution in [3.05, 3.63) is 0 Å².